The Hall–Kier alpha value is -2.38. The van der Waals surface area contributed by atoms with Gasteiger partial charge in [-0.2, -0.15) is 0 Å². The Bertz CT molecular complexity index is 1090. The molecule has 2 aromatic carbocycles. The number of nitrogens with one attached hydrogen (secondary N) is 1. The second-order valence-corrected chi connectivity index (χ2v) is 10.6. The van der Waals surface area contributed by atoms with E-state index in [-0.39, 0.29) is 24.3 Å². The minimum absolute atomic E-state index is 0.109. The largest absolute Gasteiger partial charge is 0.454 e. The average molecular weight is 464 g/mol. The average Bonchev–Trinajstić information content (AvgIpc) is 3.25. The molecule has 1 N–H and O–H groups in total. The maximum absolute atomic E-state index is 13.4. The van der Waals surface area contributed by atoms with Crippen LogP contribution < -0.4 is 5.32 Å². The van der Waals surface area contributed by atoms with E-state index >= 15 is 0 Å². The summed E-state index contributed by atoms with van der Waals surface area (Å²) in [5.41, 5.74) is 2.53. The first kappa shape index (κ1) is 23.3. The molecule has 1 fully saturated rings. The van der Waals surface area contributed by atoms with Crippen LogP contribution in [0.2, 0.25) is 5.02 Å². The highest BCUT2D eigenvalue weighted by Crippen LogP contribution is 2.41. The van der Waals surface area contributed by atoms with Crippen LogP contribution in [0.5, 0.6) is 0 Å². The Labute approximate surface area is 187 Å². The number of carbonyl (C=O) groups is 2. The third-order valence-electron chi connectivity index (χ3n) is 5.85. The molecule has 3 rings (SSSR count). The van der Waals surface area contributed by atoms with Gasteiger partial charge in [0, 0.05) is 11.6 Å². The molecular weight excluding hydrogens is 438 g/mol. The first-order valence-corrected chi connectivity index (χ1v) is 12.0. The number of ether oxygens (including phenoxy) is 1. The van der Waals surface area contributed by atoms with Crippen molar-refractivity contribution in [3.8, 4) is 0 Å². The maximum atomic E-state index is 13.4. The zero-order chi connectivity index (χ0) is 22.6. The molecule has 1 aliphatic rings. The third kappa shape index (κ3) is 4.77. The van der Waals surface area contributed by atoms with E-state index in [0.717, 1.165) is 16.7 Å². The summed E-state index contributed by atoms with van der Waals surface area (Å²) >= 11 is 6.07. The second kappa shape index (κ2) is 9.40. The summed E-state index contributed by atoms with van der Waals surface area (Å²) < 4.78 is 30.4. The maximum Gasteiger partial charge on any atom is 0.328 e. The van der Waals surface area contributed by atoms with Crippen LogP contribution in [0.15, 0.2) is 47.4 Å². The van der Waals surface area contributed by atoms with E-state index in [4.69, 9.17) is 16.3 Å². The van der Waals surface area contributed by atoms with Gasteiger partial charge < -0.3 is 10.1 Å². The van der Waals surface area contributed by atoms with Crippen LogP contribution in [0.25, 0.3) is 0 Å². The van der Waals surface area contributed by atoms with Gasteiger partial charge in [-0.3, -0.25) is 9.59 Å². The molecule has 0 atom stereocenters. The number of amides is 1. The lowest BCUT2D eigenvalue weighted by Gasteiger charge is -2.26. The van der Waals surface area contributed by atoms with Crippen molar-refractivity contribution in [2.75, 3.05) is 6.61 Å². The number of aryl methyl sites for hydroxylation is 2. The Morgan fingerprint density at radius 3 is 2.39 bits per heavy atom. The standard InChI is InChI=1S/C23H26ClNO5S/c1-16-9-10-19(13-17(16)2)31(28,29)23(11-5-6-12-23)22(27)30-15-21(26)25-14-18-7-3-4-8-20(18)24/h3-4,7-10,13H,5-6,11-12,14-15H2,1-2H3,(H,25,26). The van der Waals surface area contributed by atoms with Gasteiger partial charge in [0.2, 0.25) is 0 Å². The van der Waals surface area contributed by atoms with E-state index in [1.54, 1.807) is 36.4 Å². The first-order chi connectivity index (χ1) is 14.7. The minimum atomic E-state index is -3.97. The molecule has 2 aromatic rings. The van der Waals surface area contributed by atoms with Gasteiger partial charge in [0.25, 0.3) is 5.91 Å². The summed E-state index contributed by atoms with van der Waals surface area (Å²) in [7, 11) is -3.97. The molecular formula is C23H26ClNO5S. The van der Waals surface area contributed by atoms with Gasteiger partial charge in [-0.05, 0) is 61.6 Å². The molecule has 0 radical (unpaired) electrons. The number of benzene rings is 2. The number of halogens is 1. The minimum Gasteiger partial charge on any atom is -0.454 e. The summed E-state index contributed by atoms with van der Waals surface area (Å²) in [5, 5.41) is 3.15. The Morgan fingerprint density at radius 1 is 1.06 bits per heavy atom. The molecule has 166 valence electrons. The first-order valence-electron chi connectivity index (χ1n) is 10.2. The van der Waals surface area contributed by atoms with Gasteiger partial charge in [0.15, 0.2) is 21.2 Å². The predicted molar refractivity (Wildman–Crippen MR) is 119 cm³/mol. The van der Waals surface area contributed by atoms with Crippen molar-refractivity contribution in [1.82, 2.24) is 5.32 Å². The fourth-order valence-electron chi connectivity index (χ4n) is 3.78. The van der Waals surface area contributed by atoms with E-state index in [1.807, 2.05) is 13.8 Å². The monoisotopic (exact) mass is 463 g/mol. The van der Waals surface area contributed by atoms with Crippen LogP contribution in [0, 0.1) is 13.8 Å². The Kier molecular flexibility index (Phi) is 7.06. The quantitative estimate of drug-likeness (QED) is 0.629. The van der Waals surface area contributed by atoms with Crippen molar-refractivity contribution in [1.29, 1.82) is 0 Å². The SMILES string of the molecule is Cc1ccc(S(=O)(=O)C2(C(=O)OCC(=O)NCc3ccccc3Cl)CCCC2)cc1C. The molecule has 0 bridgehead atoms. The molecule has 0 saturated heterocycles. The highest BCUT2D eigenvalue weighted by atomic mass is 35.5. The fourth-order valence-corrected chi connectivity index (χ4v) is 6.12. The summed E-state index contributed by atoms with van der Waals surface area (Å²) in [6.07, 6.45) is 1.58. The van der Waals surface area contributed by atoms with Gasteiger partial charge in [-0.25, -0.2) is 8.42 Å². The van der Waals surface area contributed by atoms with Crippen molar-refractivity contribution in [3.63, 3.8) is 0 Å². The highest BCUT2D eigenvalue weighted by molar-refractivity contribution is 7.93. The van der Waals surface area contributed by atoms with E-state index in [0.29, 0.717) is 17.9 Å². The molecule has 0 aromatic heterocycles. The van der Waals surface area contributed by atoms with E-state index in [9.17, 15) is 18.0 Å². The van der Waals surface area contributed by atoms with Crippen LogP contribution in [-0.4, -0.2) is 31.6 Å². The number of rotatable bonds is 7. The molecule has 0 heterocycles. The van der Waals surface area contributed by atoms with Gasteiger partial charge in [-0.15, -0.1) is 0 Å². The zero-order valence-corrected chi connectivity index (χ0v) is 19.2. The molecule has 1 amide bonds. The van der Waals surface area contributed by atoms with Crippen LogP contribution in [0.4, 0.5) is 0 Å². The third-order valence-corrected chi connectivity index (χ3v) is 8.70. The van der Waals surface area contributed by atoms with Gasteiger partial charge in [-0.1, -0.05) is 48.7 Å². The van der Waals surface area contributed by atoms with E-state index in [2.05, 4.69) is 5.32 Å². The molecule has 8 heteroatoms. The lowest BCUT2D eigenvalue weighted by atomic mass is 10.1. The van der Waals surface area contributed by atoms with Crippen LogP contribution in [0.1, 0.15) is 42.4 Å². The zero-order valence-electron chi connectivity index (χ0n) is 17.6. The number of hydrogen-bond donors (Lipinski definition) is 1. The molecule has 1 aliphatic carbocycles. The number of carbonyl (C=O) groups excluding carboxylic acids is 2. The number of hydrogen-bond acceptors (Lipinski definition) is 5. The van der Waals surface area contributed by atoms with Gasteiger partial charge in [0.1, 0.15) is 0 Å². The normalized spacial score (nSPS) is 15.5. The van der Waals surface area contributed by atoms with Crippen molar-refractivity contribution in [2.45, 2.75) is 55.7 Å². The Balaban J connectivity index is 1.70. The molecule has 0 aliphatic heterocycles. The van der Waals surface area contributed by atoms with Crippen molar-refractivity contribution in [3.05, 3.63) is 64.2 Å². The highest BCUT2D eigenvalue weighted by Gasteiger charge is 2.54. The van der Waals surface area contributed by atoms with E-state index < -0.39 is 33.1 Å². The predicted octanol–water partition coefficient (Wildman–Crippen LogP) is 3.90. The van der Waals surface area contributed by atoms with E-state index in [1.165, 1.54) is 6.07 Å². The lowest BCUT2D eigenvalue weighted by molar-refractivity contribution is -0.151. The summed E-state index contributed by atoms with van der Waals surface area (Å²) in [5.74, 6) is -1.39. The molecule has 31 heavy (non-hydrogen) atoms. The smallest absolute Gasteiger partial charge is 0.328 e. The summed E-state index contributed by atoms with van der Waals surface area (Å²) in [4.78, 5) is 25.3. The lowest BCUT2D eigenvalue weighted by Crippen LogP contribution is -2.46. The van der Waals surface area contributed by atoms with Crippen LogP contribution in [-0.2, 0) is 30.7 Å². The van der Waals surface area contributed by atoms with Crippen LogP contribution in [0.3, 0.4) is 0 Å². The Morgan fingerprint density at radius 2 is 1.74 bits per heavy atom. The summed E-state index contributed by atoms with van der Waals surface area (Å²) in [6.45, 7) is 3.36. The topological polar surface area (TPSA) is 89.5 Å². The molecule has 6 nitrogen and oxygen atoms in total. The van der Waals surface area contributed by atoms with Crippen molar-refractivity contribution < 1.29 is 22.7 Å². The number of esters is 1. The molecule has 0 spiro atoms. The molecule has 1 saturated carbocycles. The van der Waals surface area contributed by atoms with Gasteiger partial charge in [0.05, 0.1) is 4.90 Å². The molecule has 0 unspecified atom stereocenters. The fraction of sp³-hybridized carbons (Fsp3) is 0.391. The number of sulfone groups is 1. The second-order valence-electron chi connectivity index (χ2n) is 7.90. The summed E-state index contributed by atoms with van der Waals surface area (Å²) in [6, 6.07) is 11.9. The van der Waals surface area contributed by atoms with Crippen molar-refractivity contribution in [2.24, 2.45) is 0 Å². The van der Waals surface area contributed by atoms with Crippen molar-refractivity contribution >= 4 is 33.3 Å². The van der Waals surface area contributed by atoms with Crippen LogP contribution >= 0.6 is 11.6 Å². The van der Waals surface area contributed by atoms with Gasteiger partial charge >= 0.3 is 5.97 Å².